The second-order valence-electron chi connectivity index (χ2n) is 6.57. The molecule has 2 aromatic carbocycles. The number of rotatable bonds is 5. The highest BCUT2D eigenvalue weighted by atomic mass is 35.5. The van der Waals surface area contributed by atoms with Gasteiger partial charge in [0.25, 0.3) is 5.91 Å². The van der Waals surface area contributed by atoms with E-state index in [-0.39, 0.29) is 5.91 Å². The summed E-state index contributed by atoms with van der Waals surface area (Å²) in [5.74, 6) is 0.766. The van der Waals surface area contributed by atoms with E-state index in [0.717, 1.165) is 35.8 Å². The Hall–Kier alpha value is -2.85. The lowest BCUT2D eigenvalue weighted by Crippen LogP contribution is -2.26. The van der Waals surface area contributed by atoms with Gasteiger partial charge in [-0.3, -0.25) is 4.79 Å². The number of amides is 1. The standard InChI is InChI=1S/C22H20ClN3O/c23-19-8-5-16(6-9-19)11-13-24-22(27)18-7-10-21(25-15-18)26-14-12-17-3-1-2-4-20(17)26/h1-10,15H,11-14H2,(H,24,27). The first kappa shape index (κ1) is 17.6. The molecule has 1 aliphatic rings. The molecule has 0 aliphatic carbocycles. The first-order valence-corrected chi connectivity index (χ1v) is 9.43. The van der Waals surface area contributed by atoms with Crippen LogP contribution in [0.2, 0.25) is 5.02 Å². The van der Waals surface area contributed by atoms with Crippen LogP contribution in [-0.2, 0) is 12.8 Å². The Morgan fingerprint density at radius 2 is 1.89 bits per heavy atom. The zero-order valence-corrected chi connectivity index (χ0v) is 15.6. The van der Waals surface area contributed by atoms with E-state index in [0.29, 0.717) is 12.1 Å². The lowest BCUT2D eigenvalue weighted by molar-refractivity contribution is 0.0954. The third-order valence-corrected chi connectivity index (χ3v) is 5.04. The molecule has 0 saturated heterocycles. The van der Waals surface area contributed by atoms with Crippen molar-refractivity contribution in [3.63, 3.8) is 0 Å². The maximum Gasteiger partial charge on any atom is 0.252 e. The Labute approximate surface area is 163 Å². The van der Waals surface area contributed by atoms with Crippen LogP contribution in [0.4, 0.5) is 11.5 Å². The van der Waals surface area contributed by atoms with Gasteiger partial charge < -0.3 is 10.2 Å². The zero-order chi connectivity index (χ0) is 18.6. The molecule has 5 heteroatoms. The third-order valence-electron chi connectivity index (χ3n) is 4.79. The second-order valence-corrected chi connectivity index (χ2v) is 7.00. The number of nitrogens with zero attached hydrogens (tertiary/aromatic N) is 2. The van der Waals surface area contributed by atoms with Crippen LogP contribution < -0.4 is 10.2 Å². The quantitative estimate of drug-likeness (QED) is 0.716. The largest absolute Gasteiger partial charge is 0.352 e. The van der Waals surface area contributed by atoms with Crippen molar-refractivity contribution in [2.24, 2.45) is 0 Å². The number of hydrogen-bond donors (Lipinski definition) is 1. The lowest BCUT2D eigenvalue weighted by atomic mass is 10.1. The SMILES string of the molecule is O=C(NCCc1ccc(Cl)cc1)c1ccc(N2CCc3ccccc32)nc1. The number of benzene rings is 2. The van der Waals surface area contributed by atoms with Gasteiger partial charge >= 0.3 is 0 Å². The number of para-hydroxylation sites is 1. The van der Waals surface area contributed by atoms with Crippen molar-refractivity contribution >= 4 is 29.0 Å². The van der Waals surface area contributed by atoms with Crippen molar-refractivity contribution in [3.8, 4) is 0 Å². The minimum atomic E-state index is -0.107. The monoisotopic (exact) mass is 377 g/mol. The molecule has 0 radical (unpaired) electrons. The van der Waals surface area contributed by atoms with Crippen LogP contribution in [0.3, 0.4) is 0 Å². The van der Waals surface area contributed by atoms with E-state index in [1.165, 1.54) is 11.3 Å². The Morgan fingerprint density at radius 1 is 1.07 bits per heavy atom. The Bertz CT molecular complexity index is 939. The van der Waals surface area contributed by atoms with Crippen LogP contribution in [0.5, 0.6) is 0 Å². The van der Waals surface area contributed by atoms with Crippen molar-refractivity contribution in [3.05, 3.63) is 88.6 Å². The molecule has 0 bridgehead atoms. The zero-order valence-electron chi connectivity index (χ0n) is 14.9. The number of carbonyl (C=O) groups is 1. The van der Waals surface area contributed by atoms with Crippen LogP contribution in [0, 0.1) is 0 Å². The predicted octanol–water partition coefficient (Wildman–Crippen LogP) is 4.40. The number of halogens is 1. The second kappa shape index (κ2) is 7.80. The van der Waals surface area contributed by atoms with Crippen LogP contribution in [0.25, 0.3) is 0 Å². The lowest BCUT2D eigenvalue weighted by Gasteiger charge is -2.18. The number of hydrogen-bond acceptors (Lipinski definition) is 3. The van der Waals surface area contributed by atoms with Gasteiger partial charge in [-0.2, -0.15) is 0 Å². The first-order chi connectivity index (χ1) is 13.2. The minimum Gasteiger partial charge on any atom is -0.352 e. The minimum absolute atomic E-state index is 0.107. The summed E-state index contributed by atoms with van der Waals surface area (Å²) in [6.07, 6.45) is 3.43. The molecular formula is C22H20ClN3O. The van der Waals surface area contributed by atoms with Crippen molar-refractivity contribution in [2.75, 3.05) is 18.0 Å². The van der Waals surface area contributed by atoms with Crippen molar-refractivity contribution in [2.45, 2.75) is 12.8 Å². The fourth-order valence-corrected chi connectivity index (χ4v) is 3.46. The maximum atomic E-state index is 12.3. The molecule has 1 aromatic heterocycles. The van der Waals surface area contributed by atoms with E-state index < -0.39 is 0 Å². The third kappa shape index (κ3) is 3.96. The molecule has 1 amide bonds. The fourth-order valence-electron chi connectivity index (χ4n) is 3.33. The summed E-state index contributed by atoms with van der Waals surface area (Å²) < 4.78 is 0. The number of aromatic nitrogens is 1. The average molecular weight is 378 g/mol. The van der Waals surface area contributed by atoms with Gasteiger partial charge in [-0.15, -0.1) is 0 Å². The smallest absolute Gasteiger partial charge is 0.252 e. The highest BCUT2D eigenvalue weighted by molar-refractivity contribution is 6.30. The van der Waals surface area contributed by atoms with Crippen LogP contribution >= 0.6 is 11.6 Å². The Balaban J connectivity index is 1.36. The molecule has 136 valence electrons. The van der Waals surface area contributed by atoms with Gasteiger partial charge in [0.15, 0.2) is 0 Å². The maximum absolute atomic E-state index is 12.3. The topological polar surface area (TPSA) is 45.2 Å². The average Bonchev–Trinajstić information content (AvgIpc) is 3.14. The molecule has 1 N–H and O–H groups in total. The number of fused-ring (bicyclic) bond motifs is 1. The first-order valence-electron chi connectivity index (χ1n) is 9.05. The van der Waals surface area contributed by atoms with Gasteiger partial charge in [-0.05, 0) is 54.3 Å². The summed E-state index contributed by atoms with van der Waals surface area (Å²) in [5.41, 5.74) is 4.25. The summed E-state index contributed by atoms with van der Waals surface area (Å²) in [4.78, 5) is 19.0. The van der Waals surface area contributed by atoms with E-state index in [1.807, 2.05) is 42.5 Å². The summed E-state index contributed by atoms with van der Waals surface area (Å²) in [5, 5.41) is 3.66. The molecular weight excluding hydrogens is 358 g/mol. The number of carbonyl (C=O) groups excluding carboxylic acids is 1. The number of pyridine rings is 1. The van der Waals surface area contributed by atoms with Crippen molar-refractivity contribution in [1.82, 2.24) is 10.3 Å². The summed E-state index contributed by atoms with van der Waals surface area (Å²) in [6.45, 7) is 1.49. The van der Waals surface area contributed by atoms with Gasteiger partial charge in [-0.25, -0.2) is 4.98 Å². The van der Waals surface area contributed by atoms with Gasteiger partial charge in [-0.1, -0.05) is 41.9 Å². The Morgan fingerprint density at radius 3 is 2.67 bits per heavy atom. The number of anilines is 2. The van der Waals surface area contributed by atoms with Gasteiger partial charge in [0.05, 0.1) is 5.56 Å². The molecule has 0 saturated carbocycles. The molecule has 27 heavy (non-hydrogen) atoms. The van der Waals surface area contributed by atoms with E-state index in [9.17, 15) is 4.79 Å². The number of nitrogens with one attached hydrogen (secondary N) is 1. The summed E-state index contributed by atoms with van der Waals surface area (Å²) >= 11 is 5.88. The molecule has 2 heterocycles. The summed E-state index contributed by atoms with van der Waals surface area (Å²) in [6, 6.07) is 19.8. The summed E-state index contributed by atoms with van der Waals surface area (Å²) in [7, 11) is 0. The molecule has 4 rings (SSSR count). The highest BCUT2D eigenvalue weighted by Gasteiger charge is 2.20. The van der Waals surface area contributed by atoms with Gasteiger partial charge in [0, 0.05) is 30.0 Å². The fraction of sp³-hybridized carbons (Fsp3) is 0.182. The van der Waals surface area contributed by atoms with Crippen LogP contribution in [0.15, 0.2) is 66.9 Å². The van der Waals surface area contributed by atoms with Crippen molar-refractivity contribution in [1.29, 1.82) is 0 Å². The highest BCUT2D eigenvalue weighted by Crippen LogP contribution is 2.32. The molecule has 0 atom stereocenters. The van der Waals surface area contributed by atoms with E-state index >= 15 is 0 Å². The van der Waals surface area contributed by atoms with E-state index in [4.69, 9.17) is 11.6 Å². The van der Waals surface area contributed by atoms with Crippen LogP contribution in [0.1, 0.15) is 21.5 Å². The molecule has 0 unspecified atom stereocenters. The molecule has 3 aromatic rings. The van der Waals surface area contributed by atoms with E-state index in [2.05, 4.69) is 33.4 Å². The van der Waals surface area contributed by atoms with E-state index in [1.54, 1.807) is 6.20 Å². The predicted molar refractivity (Wildman–Crippen MR) is 109 cm³/mol. The molecule has 0 spiro atoms. The van der Waals surface area contributed by atoms with Crippen molar-refractivity contribution < 1.29 is 4.79 Å². The van der Waals surface area contributed by atoms with Gasteiger partial charge in [0.1, 0.15) is 5.82 Å². The Kier molecular flexibility index (Phi) is 5.07. The normalized spacial score (nSPS) is 12.7. The molecule has 0 fully saturated rings. The van der Waals surface area contributed by atoms with Crippen LogP contribution in [-0.4, -0.2) is 24.0 Å². The van der Waals surface area contributed by atoms with Gasteiger partial charge in [0.2, 0.25) is 0 Å². The molecule has 4 nitrogen and oxygen atoms in total. The molecule has 1 aliphatic heterocycles.